The predicted octanol–water partition coefficient (Wildman–Crippen LogP) is 4.52. The van der Waals surface area contributed by atoms with E-state index >= 15 is 0 Å². The standard InChI is InChI=1S/C32H24O8/c33-27(20-4-2-1-3-5-20)13-10-18-6-8-19(9-7-18)17-38-21-11-12-22-23(25-16-28(34)39-30(25)35)15-26-29(24(22)14-21)32(37)40-31(26)36/h1-14,23,25-26,29H,15-17H2/b13-10+. The monoisotopic (exact) mass is 536 g/mol. The maximum absolute atomic E-state index is 12.6. The molecule has 40 heavy (non-hydrogen) atoms. The van der Waals surface area contributed by atoms with Crippen LogP contribution in [0.1, 0.15) is 57.3 Å². The van der Waals surface area contributed by atoms with Crippen LogP contribution >= 0.6 is 0 Å². The van der Waals surface area contributed by atoms with E-state index < -0.39 is 47.5 Å². The summed E-state index contributed by atoms with van der Waals surface area (Å²) in [6.07, 6.45) is 3.46. The molecule has 3 aromatic carbocycles. The van der Waals surface area contributed by atoms with Crippen molar-refractivity contribution in [2.24, 2.45) is 11.8 Å². The first kappa shape index (κ1) is 25.4. The molecule has 4 unspecified atom stereocenters. The van der Waals surface area contributed by atoms with Crippen molar-refractivity contribution in [3.05, 3.63) is 107 Å². The fraction of sp³-hybridized carbons (Fsp3) is 0.219. The molecule has 0 bridgehead atoms. The number of carbonyl (C=O) groups is 5. The molecule has 0 spiro atoms. The molecule has 0 radical (unpaired) electrons. The maximum atomic E-state index is 12.6. The van der Waals surface area contributed by atoms with E-state index in [0.717, 1.165) is 16.7 Å². The quantitative estimate of drug-likeness (QED) is 0.187. The van der Waals surface area contributed by atoms with Crippen LogP contribution in [0.3, 0.4) is 0 Å². The van der Waals surface area contributed by atoms with Crippen LogP contribution in [0, 0.1) is 11.8 Å². The summed E-state index contributed by atoms with van der Waals surface area (Å²) < 4.78 is 15.7. The summed E-state index contributed by atoms with van der Waals surface area (Å²) in [6.45, 7) is 0.246. The molecule has 0 aromatic heterocycles. The van der Waals surface area contributed by atoms with Gasteiger partial charge in [0.05, 0.1) is 24.2 Å². The maximum Gasteiger partial charge on any atom is 0.321 e. The first-order valence-electron chi connectivity index (χ1n) is 13.0. The number of hydrogen-bond donors (Lipinski definition) is 0. The Morgan fingerprint density at radius 3 is 2.27 bits per heavy atom. The van der Waals surface area contributed by atoms with Crippen molar-refractivity contribution in [3.8, 4) is 5.75 Å². The molecule has 4 atom stereocenters. The van der Waals surface area contributed by atoms with Crippen LogP contribution < -0.4 is 4.74 Å². The predicted molar refractivity (Wildman–Crippen MR) is 141 cm³/mol. The average molecular weight is 537 g/mol. The van der Waals surface area contributed by atoms with Crippen LogP contribution in [0.25, 0.3) is 6.08 Å². The average Bonchev–Trinajstić information content (AvgIpc) is 3.46. The van der Waals surface area contributed by atoms with E-state index in [1.165, 1.54) is 6.08 Å². The summed E-state index contributed by atoms with van der Waals surface area (Å²) in [7, 11) is 0. The van der Waals surface area contributed by atoms with E-state index in [0.29, 0.717) is 16.9 Å². The second-order valence-corrected chi connectivity index (χ2v) is 10.2. The molecule has 2 heterocycles. The summed E-state index contributed by atoms with van der Waals surface area (Å²) in [5.74, 6) is -4.68. The van der Waals surface area contributed by atoms with Gasteiger partial charge in [-0.05, 0) is 52.8 Å². The third-order valence-electron chi connectivity index (χ3n) is 7.72. The Labute approximate surface area is 229 Å². The van der Waals surface area contributed by atoms with Crippen molar-refractivity contribution in [2.45, 2.75) is 31.3 Å². The first-order chi connectivity index (χ1) is 19.4. The van der Waals surface area contributed by atoms with Gasteiger partial charge < -0.3 is 14.2 Å². The van der Waals surface area contributed by atoms with Gasteiger partial charge in [-0.2, -0.15) is 0 Å². The number of esters is 4. The van der Waals surface area contributed by atoms with E-state index in [-0.39, 0.29) is 25.2 Å². The normalized spacial score (nSPS) is 23.5. The van der Waals surface area contributed by atoms with Crippen LogP contribution in [-0.2, 0) is 35.3 Å². The highest BCUT2D eigenvalue weighted by molar-refractivity contribution is 6.06. The summed E-state index contributed by atoms with van der Waals surface area (Å²) in [5, 5.41) is 0. The Kier molecular flexibility index (Phi) is 6.59. The molecular formula is C32H24O8. The SMILES string of the molecule is O=C1CC(C2CC3C(=O)OC(=O)C3c3cc(OCc4ccc(/C=C/C(=O)c5ccccc5)cc4)ccc32)C(=O)O1. The lowest BCUT2D eigenvalue weighted by Crippen LogP contribution is -2.31. The van der Waals surface area contributed by atoms with Crippen LogP contribution in [0.4, 0.5) is 0 Å². The molecule has 3 aliphatic rings. The summed E-state index contributed by atoms with van der Waals surface area (Å²) in [5.41, 5.74) is 3.68. The van der Waals surface area contributed by atoms with Crippen molar-refractivity contribution >= 4 is 35.7 Å². The molecule has 8 nitrogen and oxygen atoms in total. The van der Waals surface area contributed by atoms with Crippen molar-refractivity contribution < 1.29 is 38.2 Å². The smallest absolute Gasteiger partial charge is 0.321 e. The lowest BCUT2D eigenvalue weighted by Gasteiger charge is -2.33. The fourth-order valence-corrected chi connectivity index (χ4v) is 5.71. The molecule has 3 aromatic rings. The van der Waals surface area contributed by atoms with E-state index in [4.69, 9.17) is 14.2 Å². The van der Waals surface area contributed by atoms with Crippen molar-refractivity contribution in [2.75, 3.05) is 0 Å². The minimum atomic E-state index is -0.778. The molecule has 8 heteroatoms. The number of cyclic esters (lactones) is 4. The summed E-state index contributed by atoms with van der Waals surface area (Å²) in [6, 6.07) is 21.9. The molecule has 1 aliphatic carbocycles. The van der Waals surface area contributed by atoms with Gasteiger partial charge in [-0.15, -0.1) is 0 Å². The fourth-order valence-electron chi connectivity index (χ4n) is 5.71. The number of benzene rings is 3. The van der Waals surface area contributed by atoms with Gasteiger partial charge in [-0.1, -0.05) is 66.7 Å². The largest absolute Gasteiger partial charge is 0.489 e. The topological polar surface area (TPSA) is 113 Å². The number of fused-ring (bicyclic) bond motifs is 3. The van der Waals surface area contributed by atoms with E-state index in [9.17, 15) is 24.0 Å². The Morgan fingerprint density at radius 1 is 0.800 bits per heavy atom. The Morgan fingerprint density at radius 2 is 1.55 bits per heavy atom. The Bertz CT molecular complexity index is 1550. The molecular weight excluding hydrogens is 512 g/mol. The van der Waals surface area contributed by atoms with Gasteiger partial charge in [0.25, 0.3) is 0 Å². The van der Waals surface area contributed by atoms with Crippen molar-refractivity contribution in [1.82, 2.24) is 0 Å². The molecule has 0 N–H and O–H groups in total. The van der Waals surface area contributed by atoms with E-state index in [1.807, 2.05) is 42.5 Å². The minimum absolute atomic E-state index is 0.0623. The van der Waals surface area contributed by atoms with E-state index in [2.05, 4.69) is 0 Å². The number of ketones is 1. The number of rotatable bonds is 7. The van der Waals surface area contributed by atoms with Crippen molar-refractivity contribution in [1.29, 1.82) is 0 Å². The van der Waals surface area contributed by atoms with Crippen LogP contribution in [0.5, 0.6) is 5.75 Å². The van der Waals surface area contributed by atoms with Gasteiger partial charge in [-0.25, -0.2) is 0 Å². The first-order valence-corrected chi connectivity index (χ1v) is 13.0. The molecule has 0 saturated carbocycles. The molecule has 200 valence electrons. The lowest BCUT2D eigenvalue weighted by atomic mass is 9.67. The second-order valence-electron chi connectivity index (χ2n) is 10.2. The van der Waals surface area contributed by atoms with Gasteiger partial charge in [-0.3, -0.25) is 24.0 Å². The highest BCUT2D eigenvalue weighted by Gasteiger charge is 2.53. The number of hydrogen-bond acceptors (Lipinski definition) is 8. The van der Waals surface area contributed by atoms with Crippen molar-refractivity contribution in [3.63, 3.8) is 0 Å². The Balaban J connectivity index is 1.18. The number of ether oxygens (including phenoxy) is 3. The molecule has 2 fully saturated rings. The van der Waals surface area contributed by atoms with Crippen LogP contribution in [-0.4, -0.2) is 29.7 Å². The van der Waals surface area contributed by atoms with Gasteiger partial charge in [0, 0.05) is 5.56 Å². The molecule has 0 amide bonds. The Hall–Kier alpha value is -4.85. The van der Waals surface area contributed by atoms with Gasteiger partial charge in [0.15, 0.2) is 5.78 Å². The zero-order valence-electron chi connectivity index (χ0n) is 21.3. The van der Waals surface area contributed by atoms with Gasteiger partial charge in [0.2, 0.25) is 0 Å². The number of allylic oxidation sites excluding steroid dienone is 1. The summed E-state index contributed by atoms with van der Waals surface area (Å²) in [4.78, 5) is 61.4. The van der Waals surface area contributed by atoms with Gasteiger partial charge in [0.1, 0.15) is 12.4 Å². The third-order valence-corrected chi connectivity index (χ3v) is 7.72. The lowest BCUT2D eigenvalue weighted by molar-refractivity contribution is -0.155. The van der Waals surface area contributed by atoms with E-state index in [1.54, 1.807) is 36.4 Å². The van der Waals surface area contributed by atoms with Crippen LogP contribution in [0.15, 0.2) is 78.9 Å². The van der Waals surface area contributed by atoms with Gasteiger partial charge >= 0.3 is 23.9 Å². The highest BCUT2D eigenvalue weighted by Crippen LogP contribution is 2.51. The van der Waals surface area contributed by atoms with Crippen LogP contribution in [0.2, 0.25) is 0 Å². The molecule has 2 aliphatic heterocycles. The minimum Gasteiger partial charge on any atom is -0.489 e. The zero-order chi connectivity index (χ0) is 27.8. The molecule has 6 rings (SSSR count). The second kappa shape index (κ2) is 10.4. The third kappa shape index (κ3) is 4.84. The summed E-state index contributed by atoms with van der Waals surface area (Å²) >= 11 is 0. The molecule has 2 saturated heterocycles. The zero-order valence-corrected chi connectivity index (χ0v) is 21.3. The highest BCUT2D eigenvalue weighted by atomic mass is 16.6. The number of carbonyl (C=O) groups excluding carboxylic acids is 5.